The van der Waals surface area contributed by atoms with Crippen molar-refractivity contribution < 1.29 is 0 Å². The smallest absolute Gasteiger partial charge is 0.133 e. The van der Waals surface area contributed by atoms with E-state index in [4.69, 9.17) is 4.99 Å². The molecule has 4 rings (SSSR count). The SMILES string of the molecule is Cc1ccc(P(C(=NC2CCCCC2)Nc2ccccc2)c2ccc(C)cc2)cc1. The second-order valence-corrected chi connectivity index (χ2v) is 10.4. The average molecular weight is 415 g/mol. The molecular formula is C27H31N2P. The minimum atomic E-state index is -0.749. The standard InChI is InChI=1S/C27H31N2P/c1-21-13-17-25(18-14-21)30(26-19-15-22(2)16-20-26)27(28-23-9-5-3-6-10-23)29-24-11-7-4-8-12-24/h3,5-6,9-10,13-20,24H,4,7-8,11-12H2,1-2H3,(H,28,29). The predicted molar refractivity (Wildman–Crippen MR) is 133 cm³/mol. The maximum Gasteiger partial charge on any atom is 0.133 e. The molecule has 0 spiro atoms. The van der Waals surface area contributed by atoms with Gasteiger partial charge in [-0.3, -0.25) is 4.99 Å². The molecule has 30 heavy (non-hydrogen) atoms. The topological polar surface area (TPSA) is 24.4 Å². The lowest BCUT2D eigenvalue weighted by molar-refractivity contribution is 0.444. The van der Waals surface area contributed by atoms with Gasteiger partial charge in [-0.05, 0) is 49.4 Å². The van der Waals surface area contributed by atoms with Crippen LogP contribution in [0.5, 0.6) is 0 Å². The van der Waals surface area contributed by atoms with Crippen molar-refractivity contribution in [3.05, 3.63) is 90.0 Å². The van der Waals surface area contributed by atoms with Crippen molar-refractivity contribution in [1.82, 2.24) is 0 Å². The lowest BCUT2D eigenvalue weighted by Crippen LogP contribution is -2.26. The summed E-state index contributed by atoms with van der Waals surface area (Å²) in [6, 6.07) is 28.9. The van der Waals surface area contributed by atoms with Crippen LogP contribution in [0.15, 0.2) is 83.9 Å². The second kappa shape index (κ2) is 10.0. The molecule has 1 aliphatic carbocycles. The molecule has 0 aliphatic heterocycles. The number of aryl methyl sites for hydroxylation is 2. The minimum Gasteiger partial charge on any atom is -0.340 e. The zero-order valence-corrected chi connectivity index (χ0v) is 18.9. The highest BCUT2D eigenvalue weighted by Gasteiger charge is 2.23. The van der Waals surface area contributed by atoms with Gasteiger partial charge >= 0.3 is 0 Å². The van der Waals surface area contributed by atoms with Crippen LogP contribution in [0.2, 0.25) is 0 Å². The summed E-state index contributed by atoms with van der Waals surface area (Å²) in [5, 5.41) is 6.42. The Kier molecular flexibility index (Phi) is 6.97. The number of hydrogen-bond acceptors (Lipinski definition) is 1. The van der Waals surface area contributed by atoms with E-state index in [2.05, 4.69) is 98.0 Å². The van der Waals surface area contributed by atoms with Gasteiger partial charge in [-0.1, -0.05) is 97.1 Å². The number of anilines is 1. The van der Waals surface area contributed by atoms with E-state index in [1.54, 1.807) is 0 Å². The number of benzene rings is 3. The summed E-state index contributed by atoms with van der Waals surface area (Å²) in [7, 11) is -0.749. The average Bonchev–Trinajstić information content (AvgIpc) is 2.78. The molecule has 1 fully saturated rings. The van der Waals surface area contributed by atoms with E-state index in [0.29, 0.717) is 6.04 Å². The number of para-hydroxylation sites is 1. The molecule has 3 heteroatoms. The van der Waals surface area contributed by atoms with Crippen LogP contribution in [-0.4, -0.2) is 11.6 Å². The summed E-state index contributed by atoms with van der Waals surface area (Å²) in [5.74, 6) is 0. The van der Waals surface area contributed by atoms with Crippen molar-refractivity contribution in [3.8, 4) is 0 Å². The largest absolute Gasteiger partial charge is 0.340 e. The van der Waals surface area contributed by atoms with Crippen molar-refractivity contribution in [1.29, 1.82) is 0 Å². The summed E-state index contributed by atoms with van der Waals surface area (Å²) >= 11 is 0. The fraction of sp³-hybridized carbons (Fsp3) is 0.296. The quantitative estimate of drug-likeness (QED) is 0.286. The normalized spacial score (nSPS) is 15.4. The highest BCUT2D eigenvalue weighted by molar-refractivity contribution is 7.88. The van der Waals surface area contributed by atoms with Gasteiger partial charge in [-0.2, -0.15) is 0 Å². The Morgan fingerprint density at radius 3 is 1.80 bits per heavy atom. The third-order valence-electron chi connectivity index (χ3n) is 5.71. The molecule has 1 aliphatic rings. The van der Waals surface area contributed by atoms with E-state index >= 15 is 0 Å². The number of amidine groups is 1. The first-order valence-electron chi connectivity index (χ1n) is 11.0. The Morgan fingerprint density at radius 1 is 0.733 bits per heavy atom. The van der Waals surface area contributed by atoms with E-state index in [1.165, 1.54) is 53.8 Å². The van der Waals surface area contributed by atoms with Gasteiger partial charge in [0.25, 0.3) is 0 Å². The van der Waals surface area contributed by atoms with Crippen LogP contribution in [0.1, 0.15) is 43.2 Å². The Balaban J connectivity index is 1.79. The van der Waals surface area contributed by atoms with Crippen LogP contribution in [-0.2, 0) is 0 Å². The highest BCUT2D eigenvalue weighted by Crippen LogP contribution is 2.37. The summed E-state index contributed by atoms with van der Waals surface area (Å²) in [5.41, 5.74) is 4.81. The Morgan fingerprint density at radius 2 is 1.27 bits per heavy atom. The molecule has 0 atom stereocenters. The highest BCUT2D eigenvalue weighted by atomic mass is 31.1. The summed E-state index contributed by atoms with van der Waals surface area (Å²) in [4.78, 5) is 5.36. The molecule has 0 unspecified atom stereocenters. The Labute approximate surface area is 182 Å². The maximum absolute atomic E-state index is 5.36. The van der Waals surface area contributed by atoms with Gasteiger partial charge in [0.15, 0.2) is 0 Å². The van der Waals surface area contributed by atoms with E-state index in [0.717, 1.165) is 11.3 Å². The molecular weight excluding hydrogens is 383 g/mol. The van der Waals surface area contributed by atoms with Crippen LogP contribution in [0, 0.1) is 13.8 Å². The molecule has 0 amide bonds. The molecule has 0 bridgehead atoms. The van der Waals surface area contributed by atoms with Gasteiger partial charge in [-0.15, -0.1) is 0 Å². The van der Waals surface area contributed by atoms with E-state index < -0.39 is 7.92 Å². The van der Waals surface area contributed by atoms with Crippen LogP contribution in [0.4, 0.5) is 5.69 Å². The van der Waals surface area contributed by atoms with Gasteiger partial charge in [0, 0.05) is 13.6 Å². The van der Waals surface area contributed by atoms with Crippen molar-refractivity contribution >= 4 is 29.8 Å². The summed E-state index contributed by atoms with van der Waals surface area (Å²) in [6.07, 6.45) is 6.33. The first-order valence-corrected chi connectivity index (χ1v) is 12.4. The van der Waals surface area contributed by atoms with Crippen molar-refractivity contribution in [2.24, 2.45) is 4.99 Å². The third-order valence-corrected chi connectivity index (χ3v) is 7.99. The molecule has 2 nitrogen and oxygen atoms in total. The molecule has 0 radical (unpaired) electrons. The van der Waals surface area contributed by atoms with Crippen LogP contribution in [0.25, 0.3) is 0 Å². The van der Waals surface area contributed by atoms with Gasteiger partial charge in [0.05, 0.1) is 6.04 Å². The third kappa shape index (κ3) is 5.37. The van der Waals surface area contributed by atoms with E-state index in [1.807, 2.05) is 0 Å². The number of nitrogens with zero attached hydrogens (tertiary/aromatic N) is 1. The van der Waals surface area contributed by atoms with Crippen LogP contribution >= 0.6 is 7.92 Å². The molecule has 3 aromatic carbocycles. The first kappa shape index (κ1) is 20.8. The number of rotatable bonds is 5. The molecule has 0 saturated heterocycles. The molecule has 0 heterocycles. The van der Waals surface area contributed by atoms with Crippen molar-refractivity contribution in [2.75, 3.05) is 5.32 Å². The molecule has 1 N–H and O–H groups in total. The van der Waals surface area contributed by atoms with E-state index in [9.17, 15) is 0 Å². The minimum absolute atomic E-state index is 0.422. The first-order chi connectivity index (χ1) is 14.7. The summed E-state index contributed by atoms with van der Waals surface area (Å²) < 4.78 is 0. The fourth-order valence-electron chi connectivity index (χ4n) is 3.96. The second-order valence-electron chi connectivity index (χ2n) is 8.24. The fourth-order valence-corrected chi connectivity index (χ4v) is 6.16. The lowest BCUT2D eigenvalue weighted by atomic mass is 9.96. The Hall–Kier alpha value is -2.44. The van der Waals surface area contributed by atoms with Gasteiger partial charge in [0.2, 0.25) is 0 Å². The zero-order valence-electron chi connectivity index (χ0n) is 18.0. The van der Waals surface area contributed by atoms with Gasteiger partial charge in [-0.25, -0.2) is 0 Å². The van der Waals surface area contributed by atoms with Crippen LogP contribution in [0.3, 0.4) is 0 Å². The Bertz CT molecular complexity index is 911. The van der Waals surface area contributed by atoms with Crippen LogP contribution < -0.4 is 15.9 Å². The number of hydrogen-bond donors (Lipinski definition) is 1. The summed E-state index contributed by atoms with van der Waals surface area (Å²) in [6.45, 7) is 4.30. The molecule has 154 valence electrons. The van der Waals surface area contributed by atoms with E-state index in [-0.39, 0.29) is 0 Å². The lowest BCUT2D eigenvalue weighted by Gasteiger charge is -2.26. The number of aliphatic imine (C=N–C) groups is 1. The number of nitrogens with one attached hydrogen (secondary N) is 1. The molecule has 1 saturated carbocycles. The molecule has 3 aromatic rings. The predicted octanol–water partition coefficient (Wildman–Crippen LogP) is 6.54. The zero-order chi connectivity index (χ0) is 20.8. The monoisotopic (exact) mass is 414 g/mol. The van der Waals surface area contributed by atoms with Gasteiger partial charge in [0.1, 0.15) is 5.58 Å². The van der Waals surface area contributed by atoms with Crippen molar-refractivity contribution in [2.45, 2.75) is 52.0 Å². The van der Waals surface area contributed by atoms with Gasteiger partial charge < -0.3 is 5.32 Å². The maximum atomic E-state index is 5.36. The van der Waals surface area contributed by atoms with Crippen molar-refractivity contribution in [3.63, 3.8) is 0 Å². The molecule has 0 aromatic heterocycles.